The zero-order chi connectivity index (χ0) is 14.7. The number of carbonyl (C=O) groups is 1. The summed E-state index contributed by atoms with van der Waals surface area (Å²) in [5.41, 5.74) is 0.961. The van der Waals surface area contributed by atoms with E-state index in [1.165, 1.54) is 6.07 Å². The van der Waals surface area contributed by atoms with E-state index in [1.54, 1.807) is 12.1 Å². The van der Waals surface area contributed by atoms with Gasteiger partial charge in [-0.3, -0.25) is 19.8 Å². The van der Waals surface area contributed by atoms with E-state index in [9.17, 15) is 14.9 Å². The number of nitrogens with zero attached hydrogens (tertiary/aromatic N) is 2. The molecule has 1 heterocycles. The first-order chi connectivity index (χ1) is 9.52. The molecule has 0 amide bonds. The minimum Gasteiger partial charge on any atom is -0.481 e. The van der Waals surface area contributed by atoms with Crippen molar-refractivity contribution < 1.29 is 14.8 Å². The molecule has 1 aromatic carbocycles. The molecule has 1 aliphatic rings. The van der Waals surface area contributed by atoms with Crippen LogP contribution in [0.25, 0.3) is 0 Å². The zero-order valence-electron chi connectivity index (χ0n) is 11.4. The quantitative estimate of drug-likeness (QED) is 0.660. The number of hydrogen-bond acceptors (Lipinski definition) is 4. The van der Waals surface area contributed by atoms with Crippen LogP contribution in [0.5, 0.6) is 0 Å². The average molecular weight is 278 g/mol. The highest BCUT2D eigenvalue weighted by atomic mass is 16.6. The van der Waals surface area contributed by atoms with Crippen molar-refractivity contribution in [3.05, 3.63) is 39.9 Å². The maximum absolute atomic E-state index is 11.0. The minimum atomic E-state index is -0.763. The number of nitro groups is 1. The summed E-state index contributed by atoms with van der Waals surface area (Å²) in [7, 11) is 0. The Labute approximate surface area is 117 Å². The zero-order valence-corrected chi connectivity index (χ0v) is 11.4. The van der Waals surface area contributed by atoms with E-state index < -0.39 is 10.9 Å². The number of nitro benzene ring substituents is 1. The van der Waals surface area contributed by atoms with E-state index in [0.29, 0.717) is 13.0 Å². The van der Waals surface area contributed by atoms with Crippen molar-refractivity contribution in [3.63, 3.8) is 0 Å². The molecule has 1 fully saturated rings. The molecule has 6 nitrogen and oxygen atoms in total. The van der Waals surface area contributed by atoms with Crippen LogP contribution < -0.4 is 0 Å². The van der Waals surface area contributed by atoms with Crippen LogP contribution in [-0.2, 0) is 4.79 Å². The molecule has 2 atom stereocenters. The topological polar surface area (TPSA) is 83.7 Å². The van der Waals surface area contributed by atoms with E-state index in [-0.39, 0.29) is 17.6 Å². The first kappa shape index (κ1) is 14.5. The molecule has 6 heteroatoms. The van der Waals surface area contributed by atoms with Crippen molar-refractivity contribution in [2.45, 2.75) is 25.8 Å². The summed E-state index contributed by atoms with van der Waals surface area (Å²) in [6, 6.07) is 6.65. The van der Waals surface area contributed by atoms with Crippen LogP contribution in [-0.4, -0.2) is 34.0 Å². The third kappa shape index (κ3) is 2.96. The molecule has 0 bridgehead atoms. The summed E-state index contributed by atoms with van der Waals surface area (Å²) in [5, 5.41) is 19.9. The average Bonchev–Trinajstić information content (AvgIpc) is 2.90. The van der Waals surface area contributed by atoms with Gasteiger partial charge in [0, 0.05) is 24.7 Å². The molecule has 0 aromatic heterocycles. The summed E-state index contributed by atoms with van der Waals surface area (Å²) in [6.07, 6.45) is 1.44. The molecule has 0 spiro atoms. The Kier molecular flexibility index (Phi) is 4.34. The van der Waals surface area contributed by atoms with Crippen molar-refractivity contribution >= 4 is 11.7 Å². The molecule has 108 valence electrons. The van der Waals surface area contributed by atoms with Gasteiger partial charge in [-0.1, -0.05) is 19.1 Å². The first-order valence-corrected chi connectivity index (χ1v) is 6.74. The van der Waals surface area contributed by atoms with E-state index >= 15 is 0 Å². The lowest BCUT2D eigenvalue weighted by Gasteiger charge is -2.27. The predicted octanol–water partition coefficient (Wildman–Crippen LogP) is 2.45. The van der Waals surface area contributed by atoms with Crippen molar-refractivity contribution in [2.75, 3.05) is 13.1 Å². The van der Waals surface area contributed by atoms with Gasteiger partial charge in [0.1, 0.15) is 0 Å². The molecular formula is C14H18N2O4. The molecule has 1 aliphatic heterocycles. The fraction of sp³-hybridized carbons (Fsp3) is 0.500. The minimum absolute atomic E-state index is 0.0410. The molecule has 0 aliphatic carbocycles. The smallest absolute Gasteiger partial charge is 0.307 e. The monoisotopic (exact) mass is 278 g/mol. The van der Waals surface area contributed by atoms with Crippen LogP contribution in [0.2, 0.25) is 0 Å². The van der Waals surface area contributed by atoms with Gasteiger partial charge >= 0.3 is 5.97 Å². The molecule has 2 unspecified atom stereocenters. The maximum atomic E-state index is 11.0. The van der Waals surface area contributed by atoms with Crippen LogP contribution in [0.4, 0.5) is 5.69 Å². The van der Waals surface area contributed by atoms with Gasteiger partial charge in [-0.2, -0.15) is 0 Å². The Bertz CT molecular complexity index is 518. The molecular weight excluding hydrogens is 260 g/mol. The number of non-ortho nitro benzene ring substituents is 1. The Hall–Kier alpha value is -1.95. The van der Waals surface area contributed by atoms with Crippen LogP contribution in [0.3, 0.4) is 0 Å². The number of rotatable bonds is 5. The Morgan fingerprint density at radius 2 is 2.35 bits per heavy atom. The fourth-order valence-electron chi connectivity index (χ4n) is 2.82. The Morgan fingerprint density at radius 1 is 1.60 bits per heavy atom. The molecule has 2 rings (SSSR count). The largest absolute Gasteiger partial charge is 0.481 e. The van der Waals surface area contributed by atoms with Gasteiger partial charge in [0.25, 0.3) is 5.69 Å². The highest BCUT2D eigenvalue weighted by molar-refractivity contribution is 5.70. The third-order valence-corrected chi connectivity index (χ3v) is 3.86. The SMILES string of the molecule is CCC(c1cccc([N+](=O)[O-])c1)N1CCC(C(=O)O)C1. The van der Waals surface area contributed by atoms with Gasteiger partial charge in [0.15, 0.2) is 0 Å². The highest BCUT2D eigenvalue weighted by Crippen LogP contribution is 2.31. The maximum Gasteiger partial charge on any atom is 0.307 e. The second kappa shape index (κ2) is 6.00. The molecule has 0 radical (unpaired) electrons. The van der Waals surface area contributed by atoms with Crippen molar-refractivity contribution in [1.82, 2.24) is 4.90 Å². The van der Waals surface area contributed by atoms with Crippen molar-refractivity contribution in [3.8, 4) is 0 Å². The standard InChI is InChI=1S/C14H18N2O4/c1-2-13(15-7-6-11(9-15)14(17)18)10-4-3-5-12(8-10)16(19)20/h3-5,8,11,13H,2,6-7,9H2,1H3,(H,17,18). The fourth-order valence-corrected chi connectivity index (χ4v) is 2.82. The molecule has 1 saturated heterocycles. The molecule has 0 saturated carbocycles. The van der Waals surface area contributed by atoms with Gasteiger partial charge in [-0.05, 0) is 24.9 Å². The first-order valence-electron chi connectivity index (χ1n) is 6.74. The van der Waals surface area contributed by atoms with E-state index in [2.05, 4.69) is 4.90 Å². The summed E-state index contributed by atoms with van der Waals surface area (Å²) in [6.45, 7) is 3.24. The van der Waals surface area contributed by atoms with E-state index in [0.717, 1.165) is 18.5 Å². The molecule has 1 N–H and O–H groups in total. The van der Waals surface area contributed by atoms with E-state index in [4.69, 9.17) is 5.11 Å². The van der Waals surface area contributed by atoms with Gasteiger partial charge in [0.2, 0.25) is 0 Å². The Balaban J connectivity index is 2.18. The van der Waals surface area contributed by atoms with Gasteiger partial charge in [-0.25, -0.2) is 0 Å². The summed E-state index contributed by atoms with van der Waals surface area (Å²) >= 11 is 0. The van der Waals surface area contributed by atoms with Gasteiger partial charge in [-0.15, -0.1) is 0 Å². The number of hydrogen-bond donors (Lipinski definition) is 1. The number of benzene rings is 1. The van der Waals surface area contributed by atoms with E-state index in [1.807, 2.05) is 13.0 Å². The van der Waals surface area contributed by atoms with Crippen molar-refractivity contribution in [1.29, 1.82) is 0 Å². The Morgan fingerprint density at radius 3 is 2.90 bits per heavy atom. The summed E-state index contributed by atoms with van der Waals surface area (Å²) in [4.78, 5) is 23.6. The molecule has 1 aromatic rings. The third-order valence-electron chi connectivity index (χ3n) is 3.86. The highest BCUT2D eigenvalue weighted by Gasteiger charge is 2.32. The number of carboxylic acid groups (broad SMARTS) is 1. The lowest BCUT2D eigenvalue weighted by Crippen LogP contribution is -2.27. The van der Waals surface area contributed by atoms with Crippen LogP contribution in [0, 0.1) is 16.0 Å². The lowest BCUT2D eigenvalue weighted by atomic mass is 10.0. The number of aliphatic carboxylic acids is 1. The van der Waals surface area contributed by atoms with Gasteiger partial charge < -0.3 is 5.11 Å². The van der Waals surface area contributed by atoms with Crippen molar-refractivity contribution in [2.24, 2.45) is 5.92 Å². The van der Waals surface area contributed by atoms with Gasteiger partial charge in [0.05, 0.1) is 10.8 Å². The number of likely N-dealkylation sites (tertiary alicyclic amines) is 1. The van der Waals surface area contributed by atoms with Crippen LogP contribution in [0.1, 0.15) is 31.4 Å². The molecule has 20 heavy (non-hydrogen) atoms. The summed E-state index contributed by atoms with van der Waals surface area (Å²) < 4.78 is 0. The normalized spacial score (nSPS) is 20.8. The predicted molar refractivity (Wildman–Crippen MR) is 73.4 cm³/mol. The lowest BCUT2D eigenvalue weighted by molar-refractivity contribution is -0.385. The second-order valence-electron chi connectivity index (χ2n) is 5.09. The second-order valence-corrected chi connectivity index (χ2v) is 5.09. The van der Waals surface area contributed by atoms with Crippen LogP contribution in [0.15, 0.2) is 24.3 Å². The van der Waals surface area contributed by atoms with Crippen LogP contribution >= 0.6 is 0 Å². The number of carboxylic acids is 1. The summed E-state index contributed by atoms with van der Waals surface area (Å²) in [5.74, 6) is -1.09.